The molecule has 11 heteroatoms. The van der Waals surface area contributed by atoms with E-state index in [0.29, 0.717) is 21.8 Å². The van der Waals surface area contributed by atoms with Crippen LogP contribution in [-0.4, -0.2) is 40.5 Å². The van der Waals surface area contributed by atoms with Crippen molar-refractivity contribution in [2.45, 2.75) is 11.8 Å². The van der Waals surface area contributed by atoms with Crippen molar-refractivity contribution >= 4 is 50.8 Å². The van der Waals surface area contributed by atoms with Gasteiger partial charge in [0, 0.05) is 16.3 Å². The van der Waals surface area contributed by atoms with Crippen LogP contribution in [0.25, 0.3) is 0 Å². The Kier molecular flexibility index (Phi) is 7.78. The lowest BCUT2D eigenvalue weighted by atomic mass is 10.1. The lowest BCUT2D eigenvalue weighted by Crippen LogP contribution is -2.16. The number of methoxy groups -OCH3 is 2. The maximum atomic E-state index is 13.0. The fraction of sp³-hybridized carbons (Fsp3) is 0.125. The highest BCUT2D eigenvalue weighted by Gasteiger charge is 2.20. The molecule has 0 spiro atoms. The highest BCUT2D eigenvalue weighted by atomic mass is 35.5. The number of ether oxygens (including phenoxy) is 2. The van der Waals surface area contributed by atoms with Crippen molar-refractivity contribution in [2.24, 2.45) is 0 Å². The molecule has 35 heavy (non-hydrogen) atoms. The van der Waals surface area contributed by atoms with E-state index in [1.165, 1.54) is 36.4 Å². The van der Waals surface area contributed by atoms with Gasteiger partial charge in [-0.25, -0.2) is 18.0 Å². The molecular weight excluding hydrogens is 496 g/mol. The first-order valence-electron chi connectivity index (χ1n) is 10.1. The molecule has 0 radical (unpaired) electrons. The van der Waals surface area contributed by atoms with Crippen molar-refractivity contribution in [1.82, 2.24) is 0 Å². The van der Waals surface area contributed by atoms with Crippen molar-refractivity contribution in [3.05, 3.63) is 87.9 Å². The summed E-state index contributed by atoms with van der Waals surface area (Å²) in [5, 5.41) is 3.22. The molecule has 0 saturated carbocycles. The third-order valence-corrected chi connectivity index (χ3v) is 6.52. The Morgan fingerprint density at radius 2 is 1.37 bits per heavy atom. The number of benzene rings is 3. The topological polar surface area (TPSA) is 128 Å². The van der Waals surface area contributed by atoms with E-state index in [2.05, 4.69) is 19.5 Å². The van der Waals surface area contributed by atoms with Crippen LogP contribution in [0.3, 0.4) is 0 Å². The second kappa shape index (κ2) is 10.6. The van der Waals surface area contributed by atoms with Crippen LogP contribution in [0.15, 0.2) is 65.6 Å². The minimum Gasteiger partial charge on any atom is -0.465 e. The Morgan fingerprint density at radius 1 is 0.800 bits per heavy atom. The highest BCUT2D eigenvalue weighted by Crippen LogP contribution is 2.24. The summed E-state index contributed by atoms with van der Waals surface area (Å²) < 4.78 is 37.7. The summed E-state index contributed by atoms with van der Waals surface area (Å²) >= 11 is 5.84. The van der Waals surface area contributed by atoms with Gasteiger partial charge in [0.15, 0.2) is 0 Å². The first-order valence-corrected chi connectivity index (χ1v) is 11.9. The minimum absolute atomic E-state index is 0.0360. The van der Waals surface area contributed by atoms with Crippen LogP contribution in [0.4, 0.5) is 11.4 Å². The smallest absolute Gasteiger partial charge is 0.337 e. The molecule has 0 aromatic heterocycles. The van der Waals surface area contributed by atoms with Gasteiger partial charge in [-0.1, -0.05) is 11.6 Å². The average molecular weight is 517 g/mol. The van der Waals surface area contributed by atoms with Gasteiger partial charge in [-0.3, -0.25) is 9.52 Å². The monoisotopic (exact) mass is 516 g/mol. The molecular formula is C24H21ClN2O7S. The number of hydrogen-bond donors (Lipinski definition) is 2. The molecule has 0 aliphatic carbocycles. The summed E-state index contributed by atoms with van der Waals surface area (Å²) in [6.07, 6.45) is 0. The van der Waals surface area contributed by atoms with Gasteiger partial charge in [0.1, 0.15) is 0 Å². The summed E-state index contributed by atoms with van der Waals surface area (Å²) in [6.45, 7) is 1.64. The molecule has 3 aromatic carbocycles. The number of esters is 2. The largest absolute Gasteiger partial charge is 0.465 e. The summed E-state index contributed by atoms with van der Waals surface area (Å²) in [5.41, 5.74) is 1.19. The molecule has 3 rings (SSSR count). The van der Waals surface area contributed by atoms with Crippen LogP contribution in [0.1, 0.15) is 36.6 Å². The Morgan fingerprint density at radius 3 is 1.89 bits per heavy atom. The summed E-state index contributed by atoms with van der Waals surface area (Å²) in [5.74, 6) is -1.89. The third kappa shape index (κ3) is 6.17. The molecule has 0 heterocycles. The van der Waals surface area contributed by atoms with E-state index < -0.39 is 22.0 Å². The Bertz CT molecular complexity index is 1370. The molecule has 0 atom stereocenters. The molecule has 1 amide bonds. The molecule has 0 aliphatic rings. The number of amides is 1. The molecule has 9 nitrogen and oxygen atoms in total. The van der Waals surface area contributed by atoms with E-state index in [4.69, 9.17) is 11.6 Å². The number of hydrogen-bond acceptors (Lipinski definition) is 7. The van der Waals surface area contributed by atoms with Crippen LogP contribution in [0.2, 0.25) is 5.02 Å². The van der Waals surface area contributed by atoms with Crippen LogP contribution in [0, 0.1) is 6.92 Å². The predicted molar refractivity (Wildman–Crippen MR) is 131 cm³/mol. The van der Waals surface area contributed by atoms with E-state index >= 15 is 0 Å². The predicted octanol–water partition coefficient (Wildman–Crippen LogP) is 4.27. The summed E-state index contributed by atoms with van der Waals surface area (Å²) in [6, 6.07) is 14.2. The first kappa shape index (κ1) is 25.7. The maximum absolute atomic E-state index is 13.0. The normalized spacial score (nSPS) is 10.9. The van der Waals surface area contributed by atoms with E-state index in [9.17, 15) is 22.8 Å². The van der Waals surface area contributed by atoms with Crippen molar-refractivity contribution in [3.63, 3.8) is 0 Å². The summed E-state index contributed by atoms with van der Waals surface area (Å²) in [4.78, 5) is 36.3. The lowest BCUT2D eigenvalue weighted by Gasteiger charge is -2.13. The van der Waals surface area contributed by atoms with Crippen molar-refractivity contribution in [1.29, 1.82) is 0 Å². The fourth-order valence-corrected chi connectivity index (χ4v) is 4.36. The van der Waals surface area contributed by atoms with E-state index in [1.54, 1.807) is 31.2 Å². The quantitative estimate of drug-likeness (QED) is 0.449. The summed E-state index contributed by atoms with van der Waals surface area (Å²) in [7, 11) is -1.80. The van der Waals surface area contributed by atoms with Gasteiger partial charge in [0.25, 0.3) is 15.9 Å². The van der Waals surface area contributed by atoms with E-state index in [-0.39, 0.29) is 27.6 Å². The minimum atomic E-state index is -4.12. The number of carbonyl (C=O) groups is 3. The molecule has 0 bridgehead atoms. The standard InChI is InChI=1S/C24H21ClN2O7S/c1-14-10-20(8-9-21(14)26-22(28)15-4-6-18(25)7-5-15)35(31,32)27-19-12-16(23(29)33-2)11-17(13-19)24(30)34-3/h4-13,27H,1-3H3,(H,26,28). The molecule has 0 saturated heterocycles. The number of nitrogens with one attached hydrogen (secondary N) is 2. The van der Waals surface area contributed by atoms with Gasteiger partial charge in [-0.2, -0.15) is 0 Å². The van der Waals surface area contributed by atoms with Gasteiger partial charge in [0.2, 0.25) is 0 Å². The zero-order chi connectivity index (χ0) is 25.8. The number of carbonyl (C=O) groups excluding carboxylic acids is 3. The van der Waals surface area contributed by atoms with Crippen LogP contribution >= 0.6 is 11.6 Å². The maximum Gasteiger partial charge on any atom is 0.337 e. The highest BCUT2D eigenvalue weighted by molar-refractivity contribution is 7.92. The van der Waals surface area contributed by atoms with Gasteiger partial charge < -0.3 is 14.8 Å². The molecule has 3 aromatic rings. The second-order valence-corrected chi connectivity index (χ2v) is 9.44. The lowest BCUT2D eigenvalue weighted by molar-refractivity contribution is 0.0599. The Hall–Kier alpha value is -3.89. The van der Waals surface area contributed by atoms with Gasteiger partial charge in [0.05, 0.1) is 35.9 Å². The zero-order valence-corrected chi connectivity index (χ0v) is 20.5. The van der Waals surface area contributed by atoms with Crippen LogP contribution in [0.5, 0.6) is 0 Å². The van der Waals surface area contributed by atoms with Gasteiger partial charge in [-0.05, 0) is 73.2 Å². The number of aryl methyl sites for hydroxylation is 1. The fourth-order valence-electron chi connectivity index (χ4n) is 3.11. The van der Waals surface area contributed by atoms with Crippen molar-refractivity contribution in [3.8, 4) is 0 Å². The first-order chi connectivity index (χ1) is 16.5. The average Bonchev–Trinajstić information content (AvgIpc) is 2.83. The molecule has 2 N–H and O–H groups in total. The molecule has 0 fully saturated rings. The Labute approximate surface area is 207 Å². The zero-order valence-electron chi connectivity index (χ0n) is 18.9. The van der Waals surface area contributed by atoms with Crippen LogP contribution in [-0.2, 0) is 19.5 Å². The third-order valence-electron chi connectivity index (χ3n) is 4.89. The van der Waals surface area contributed by atoms with Crippen LogP contribution < -0.4 is 10.0 Å². The number of rotatable bonds is 7. The molecule has 0 unspecified atom stereocenters. The SMILES string of the molecule is COC(=O)c1cc(NS(=O)(=O)c2ccc(NC(=O)c3ccc(Cl)cc3)c(C)c2)cc(C(=O)OC)c1. The van der Waals surface area contributed by atoms with E-state index in [0.717, 1.165) is 14.2 Å². The van der Waals surface area contributed by atoms with Gasteiger partial charge in [-0.15, -0.1) is 0 Å². The second-order valence-electron chi connectivity index (χ2n) is 7.33. The van der Waals surface area contributed by atoms with Crippen molar-refractivity contribution < 1.29 is 32.3 Å². The number of anilines is 2. The molecule has 0 aliphatic heterocycles. The number of halogens is 1. The van der Waals surface area contributed by atoms with Crippen molar-refractivity contribution in [2.75, 3.05) is 24.3 Å². The van der Waals surface area contributed by atoms with Gasteiger partial charge >= 0.3 is 11.9 Å². The molecule has 182 valence electrons. The van der Waals surface area contributed by atoms with E-state index in [1.807, 2.05) is 0 Å². The Balaban J connectivity index is 1.87. The number of sulfonamides is 1.